The first kappa shape index (κ1) is 13.7. The van der Waals surface area contributed by atoms with Crippen LogP contribution in [-0.2, 0) is 4.74 Å². The molecule has 2 aliphatic heterocycles. The van der Waals surface area contributed by atoms with Gasteiger partial charge in [-0.2, -0.15) is 11.8 Å². The van der Waals surface area contributed by atoms with Gasteiger partial charge in [-0.05, 0) is 25.3 Å². The molecule has 0 saturated carbocycles. The second-order valence-corrected chi connectivity index (χ2v) is 7.17. The molecule has 0 bridgehead atoms. The van der Waals surface area contributed by atoms with Crippen molar-refractivity contribution < 1.29 is 4.74 Å². The number of likely N-dealkylation sites (tertiary alicyclic amines) is 1. The fraction of sp³-hybridized carbons (Fsp3) is 1.00. The van der Waals surface area contributed by atoms with Crippen molar-refractivity contribution in [3.63, 3.8) is 0 Å². The molecule has 4 heteroatoms. The van der Waals surface area contributed by atoms with Gasteiger partial charge in [-0.15, -0.1) is 0 Å². The van der Waals surface area contributed by atoms with Gasteiger partial charge in [0.1, 0.15) is 0 Å². The van der Waals surface area contributed by atoms with Crippen molar-refractivity contribution in [3.05, 3.63) is 0 Å². The zero-order valence-electron chi connectivity index (χ0n) is 11.3. The minimum Gasteiger partial charge on any atom is -0.380 e. The summed E-state index contributed by atoms with van der Waals surface area (Å²) in [6.45, 7) is 7.65. The van der Waals surface area contributed by atoms with Gasteiger partial charge in [0.2, 0.25) is 0 Å². The average Bonchev–Trinajstić information content (AvgIpc) is 2.73. The van der Waals surface area contributed by atoms with Gasteiger partial charge in [0.25, 0.3) is 0 Å². The quantitative estimate of drug-likeness (QED) is 0.834. The van der Waals surface area contributed by atoms with Crippen LogP contribution in [0.15, 0.2) is 0 Å². The highest BCUT2D eigenvalue weighted by molar-refractivity contribution is 8.00. The molecule has 2 rings (SSSR count). The van der Waals surface area contributed by atoms with Crippen LogP contribution in [0.4, 0.5) is 0 Å². The average molecular weight is 258 g/mol. The van der Waals surface area contributed by atoms with Crippen molar-refractivity contribution in [1.82, 2.24) is 4.90 Å². The maximum Gasteiger partial charge on any atom is 0.0724 e. The molecule has 4 unspecified atom stereocenters. The molecule has 2 aliphatic rings. The normalized spacial score (nSPS) is 44.1. The van der Waals surface area contributed by atoms with Crippen LogP contribution in [0, 0.1) is 5.92 Å². The lowest BCUT2D eigenvalue weighted by Gasteiger charge is -2.46. The van der Waals surface area contributed by atoms with Gasteiger partial charge in [0.05, 0.1) is 6.10 Å². The number of hydrogen-bond acceptors (Lipinski definition) is 4. The smallest absolute Gasteiger partial charge is 0.0724 e. The third-order valence-electron chi connectivity index (χ3n) is 4.55. The second-order valence-electron chi connectivity index (χ2n) is 5.74. The standard InChI is InChI=1S/C13H26N2OS/c1-10-4-5-15(7-12(10)16-3)13(8-14)6-11(2)17-9-13/h10-12H,4-9,14H2,1-3H3. The minimum absolute atomic E-state index is 0.237. The zero-order valence-corrected chi connectivity index (χ0v) is 12.1. The van der Waals surface area contributed by atoms with E-state index in [1.165, 1.54) is 25.1 Å². The predicted octanol–water partition coefficient (Wildman–Crippen LogP) is 1.57. The molecule has 0 radical (unpaired) electrons. The number of piperidine rings is 1. The first-order valence-corrected chi connectivity index (χ1v) is 7.75. The van der Waals surface area contributed by atoms with Crippen molar-refractivity contribution in [2.75, 3.05) is 32.5 Å². The molecule has 2 fully saturated rings. The monoisotopic (exact) mass is 258 g/mol. The van der Waals surface area contributed by atoms with E-state index in [9.17, 15) is 0 Å². The molecular weight excluding hydrogens is 232 g/mol. The van der Waals surface area contributed by atoms with Crippen LogP contribution in [0.25, 0.3) is 0 Å². The Morgan fingerprint density at radius 3 is 2.76 bits per heavy atom. The Balaban J connectivity index is 2.05. The molecule has 3 nitrogen and oxygen atoms in total. The molecule has 100 valence electrons. The van der Waals surface area contributed by atoms with Crippen LogP contribution in [0.2, 0.25) is 0 Å². The van der Waals surface area contributed by atoms with Crippen LogP contribution >= 0.6 is 11.8 Å². The largest absolute Gasteiger partial charge is 0.380 e. The molecule has 0 aromatic heterocycles. The summed E-state index contributed by atoms with van der Waals surface area (Å²) in [7, 11) is 1.84. The molecule has 4 atom stereocenters. The van der Waals surface area contributed by atoms with Crippen molar-refractivity contribution >= 4 is 11.8 Å². The fourth-order valence-electron chi connectivity index (χ4n) is 3.21. The maximum atomic E-state index is 6.09. The Kier molecular flexibility index (Phi) is 4.40. The van der Waals surface area contributed by atoms with Crippen molar-refractivity contribution in [3.8, 4) is 0 Å². The Morgan fingerprint density at radius 2 is 2.24 bits per heavy atom. The zero-order chi connectivity index (χ0) is 12.5. The summed E-state index contributed by atoms with van der Waals surface area (Å²) in [6.07, 6.45) is 2.85. The van der Waals surface area contributed by atoms with Gasteiger partial charge in [0.15, 0.2) is 0 Å². The summed E-state index contributed by atoms with van der Waals surface area (Å²) in [5, 5.41) is 0.749. The molecule has 0 aromatic rings. The minimum atomic E-state index is 0.237. The number of ether oxygens (including phenoxy) is 1. The number of thioether (sulfide) groups is 1. The highest BCUT2D eigenvalue weighted by Crippen LogP contribution is 2.39. The van der Waals surface area contributed by atoms with E-state index in [1.54, 1.807) is 0 Å². The number of methoxy groups -OCH3 is 1. The summed E-state index contributed by atoms with van der Waals surface area (Å²) < 4.78 is 5.62. The van der Waals surface area contributed by atoms with Gasteiger partial charge >= 0.3 is 0 Å². The lowest BCUT2D eigenvalue weighted by molar-refractivity contribution is -0.0389. The van der Waals surface area contributed by atoms with E-state index in [0.717, 1.165) is 18.3 Å². The van der Waals surface area contributed by atoms with Crippen LogP contribution in [-0.4, -0.2) is 54.3 Å². The summed E-state index contributed by atoms with van der Waals surface area (Å²) in [4.78, 5) is 2.61. The fourth-order valence-corrected chi connectivity index (χ4v) is 4.65. The van der Waals surface area contributed by atoms with E-state index in [2.05, 4.69) is 30.5 Å². The molecule has 0 spiro atoms. The number of nitrogens with zero attached hydrogens (tertiary/aromatic N) is 1. The molecule has 0 amide bonds. The van der Waals surface area contributed by atoms with E-state index in [-0.39, 0.29) is 5.54 Å². The molecule has 0 aromatic carbocycles. The molecular formula is C13H26N2OS. The van der Waals surface area contributed by atoms with Gasteiger partial charge in [-0.3, -0.25) is 4.90 Å². The summed E-state index contributed by atoms with van der Waals surface area (Å²) in [5.41, 5.74) is 6.32. The van der Waals surface area contributed by atoms with E-state index < -0.39 is 0 Å². The number of hydrogen-bond donors (Lipinski definition) is 1. The SMILES string of the molecule is COC1CN(C2(CN)CSC(C)C2)CCC1C. The lowest BCUT2D eigenvalue weighted by Crippen LogP contribution is -2.59. The Labute approximate surface area is 109 Å². The van der Waals surface area contributed by atoms with Gasteiger partial charge < -0.3 is 10.5 Å². The molecule has 2 saturated heterocycles. The van der Waals surface area contributed by atoms with Crippen molar-refractivity contribution in [2.24, 2.45) is 11.7 Å². The van der Waals surface area contributed by atoms with E-state index in [0.29, 0.717) is 12.0 Å². The molecule has 2 heterocycles. The van der Waals surface area contributed by atoms with Crippen LogP contribution < -0.4 is 5.73 Å². The van der Waals surface area contributed by atoms with E-state index in [4.69, 9.17) is 10.5 Å². The van der Waals surface area contributed by atoms with Gasteiger partial charge in [0, 0.05) is 36.7 Å². The van der Waals surface area contributed by atoms with Gasteiger partial charge in [-0.25, -0.2) is 0 Å². The molecule has 2 N–H and O–H groups in total. The number of nitrogens with two attached hydrogens (primary N) is 1. The topological polar surface area (TPSA) is 38.5 Å². The highest BCUT2D eigenvalue weighted by atomic mass is 32.2. The summed E-state index contributed by atoms with van der Waals surface area (Å²) >= 11 is 2.07. The lowest BCUT2D eigenvalue weighted by atomic mass is 9.88. The predicted molar refractivity (Wildman–Crippen MR) is 74.5 cm³/mol. The summed E-state index contributed by atoms with van der Waals surface area (Å²) in [6, 6.07) is 0. The Bertz CT molecular complexity index is 264. The number of rotatable bonds is 3. The van der Waals surface area contributed by atoms with E-state index >= 15 is 0 Å². The highest BCUT2D eigenvalue weighted by Gasteiger charge is 2.44. The Hall–Kier alpha value is 0.230. The third-order valence-corrected chi connectivity index (χ3v) is 5.99. The molecule has 17 heavy (non-hydrogen) atoms. The second kappa shape index (κ2) is 5.47. The first-order chi connectivity index (χ1) is 8.11. The van der Waals surface area contributed by atoms with Crippen molar-refractivity contribution in [1.29, 1.82) is 0 Å². The van der Waals surface area contributed by atoms with Gasteiger partial charge in [-0.1, -0.05) is 13.8 Å². The van der Waals surface area contributed by atoms with Crippen LogP contribution in [0.5, 0.6) is 0 Å². The van der Waals surface area contributed by atoms with E-state index in [1.807, 2.05) is 7.11 Å². The van der Waals surface area contributed by atoms with Crippen LogP contribution in [0.1, 0.15) is 26.7 Å². The first-order valence-electron chi connectivity index (χ1n) is 6.71. The third kappa shape index (κ3) is 2.65. The summed E-state index contributed by atoms with van der Waals surface area (Å²) in [5.74, 6) is 1.87. The Morgan fingerprint density at radius 1 is 1.47 bits per heavy atom. The van der Waals surface area contributed by atoms with Crippen LogP contribution in [0.3, 0.4) is 0 Å². The maximum absolute atomic E-state index is 6.09. The molecule has 0 aliphatic carbocycles. The van der Waals surface area contributed by atoms with Crippen molar-refractivity contribution in [2.45, 2.75) is 43.6 Å².